The molecule has 1 amide bonds. The lowest BCUT2D eigenvalue weighted by atomic mass is 10.2. The molecule has 112 valence electrons. The van der Waals surface area contributed by atoms with E-state index in [4.69, 9.17) is 11.6 Å². The van der Waals surface area contributed by atoms with E-state index >= 15 is 0 Å². The van der Waals surface area contributed by atoms with E-state index in [0.717, 1.165) is 11.3 Å². The van der Waals surface area contributed by atoms with Gasteiger partial charge in [-0.05, 0) is 43.2 Å². The molecule has 6 heteroatoms. The number of halogens is 1. The first-order chi connectivity index (χ1) is 10.6. The number of hydrogen-bond acceptors (Lipinski definition) is 3. The van der Waals surface area contributed by atoms with Crippen LogP contribution >= 0.6 is 11.6 Å². The molecule has 22 heavy (non-hydrogen) atoms. The van der Waals surface area contributed by atoms with Gasteiger partial charge in [0.2, 0.25) is 0 Å². The predicted molar refractivity (Wildman–Crippen MR) is 86.5 cm³/mol. The molecule has 3 aromatic heterocycles. The fourth-order valence-electron chi connectivity index (χ4n) is 2.33. The molecule has 0 bridgehead atoms. The van der Waals surface area contributed by atoms with Crippen LogP contribution in [0.4, 0.5) is 5.82 Å². The molecule has 0 aromatic carbocycles. The number of anilines is 1. The summed E-state index contributed by atoms with van der Waals surface area (Å²) in [6, 6.07) is 7.25. The molecular weight excluding hydrogens is 300 g/mol. The van der Waals surface area contributed by atoms with Gasteiger partial charge in [0.05, 0.1) is 10.7 Å². The zero-order valence-electron chi connectivity index (χ0n) is 12.3. The Morgan fingerprint density at radius 2 is 2.18 bits per heavy atom. The zero-order chi connectivity index (χ0) is 15.7. The van der Waals surface area contributed by atoms with Gasteiger partial charge in [0.15, 0.2) is 0 Å². The van der Waals surface area contributed by atoms with Gasteiger partial charge in [0.1, 0.15) is 17.2 Å². The van der Waals surface area contributed by atoms with E-state index in [2.05, 4.69) is 15.3 Å². The molecule has 0 saturated heterocycles. The number of rotatable bonds is 3. The smallest absolute Gasteiger partial charge is 0.275 e. The first-order valence-corrected chi connectivity index (χ1v) is 7.36. The second-order valence-corrected chi connectivity index (χ2v) is 5.45. The third-order valence-corrected chi connectivity index (χ3v) is 3.59. The molecule has 0 aliphatic rings. The van der Waals surface area contributed by atoms with E-state index in [9.17, 15) is 4.79 Å². The van der Waals surface area contributed by atoms with Gasteiger partial charge in [-0.2, -0.15) is 0 Å². The van der Waals surface area contributed by atoms with E-state index < -0.39 is 0 Å². The topological polar surface area (TPSA) is 59.3 Å². The highest BCUT2D eigenvalue weighted by Gasteiger charge is 2.18. The van der Waals surface area contributed by atoms with Crippen LogP contribution in [0.2, 0.25) is 5.02 Å². The lowest BCUT2D eigenvalue weighted by Gasteiger charge is -2.06. The van der Waals surface area contributed by atoms with Crippen LogP contribution < -0.4 is 5.32 Å². The lowest BCUT2D eigenvalue weighted by molar-refractivity contribution is 0.102. The van der Waals surface area contributed by atoms with Crippen LogP contribution in [-0.4, -0.2) is 20.3 Å². The van der Waals surface area contributed by atoms with Crippen molar-refractivity contribution in [3.8, 4) is 0 Å². The first-order valence-electron chi connectivity index (χ1n) is 6.99. The maximum atomic E-state index is 12.6. The molecule has 0 aliphatic carbocycles. The minimum atomic E-state index is -0.246. The Morgan fingerprint density at radius 1 is 1.36 bits per heavy atom. The Bertz CT molecular complexity index is 856. The van der Waals surface area contributed by atoms with Crippen molar-refractivity contribution in [2.75, 3.05) is 5.32 Å². The van der Waals surface area contributed by atoms with E-state index in [1.54, 1.807) is 28.9 Å². The molecule has 1 N–H and O–H groups in total. The van der Waals surface area contributed by atoms with E-state index in [0.29, 0.717) is 28.6 Å². The summed E-state index contributed by atoms with van der Waals surface area (Å²) < 4.78 is 1.71. The van der Waals surface area contributed by atoms with Crippen LogP contribution in [0.5, 0.6) is 0 Å². The number of imidazole rings is 1. The van der Waals surface area contributed by atoms with Gasteiger partial charge in [-0.25, -0.2) is 9.97 Å². The quantitative estimate of drug-likeness (QED) is 0.805. The fraction of sp³-hybridized carbons (Fsp3) is 0.188. The summed E-state index contributed by atoms with van der Waals surface area (Å²) in [6.45, 7) is 3.91. The van der Waals surface area contributed by atoms with Gasteiger partial charge in [0, 0.05) is 12.4 Å². The minimum absolute atomic E-state index is 0.246. The Balaban J connectivity index is 2.04. The Morgan fingerprint density at radius 3 is 2.91 bits per heavy atom. The average molecular weight is 315 g/mol. The van der Waals surface area contributed by atoms with Crippen molar-refractivity contribution in [2.24, 2.45) is 0 Å². The number of aryl methyl sites for hydroxylation is 2. The standard InChI is InChI=1S/C16H15ClN4O/c1-3-12-15(21-9-11(17)4-5-14(21)19-12)16(22)20-13-8-10(2)6-7-18-13/h4-9H,3H2,1-2H3,(H,18,20,22). The molecule has 0 fully saturated rings. The Kier molecular flexibility index (Phi) is 3.81. The van der Waals surface area contributed by atoms with Crippen molar-refractivity contribution in [1.82, 2.24) is 14.4 Å². The van der Waals surface area contributed by atoms with Crippen LogP contribution in [0.1, 0.15) is 28.7 Å². The molecule has 0 unspecified atom stereocenters. The second kappa shape index (κ2) is 5.77. The molecule has 0 radical (unpaired) electrons. The molecular formula is C16H15ClN4O. The molecule has 3 heterocycles. The number of hydrogen-bond donors (Lipinski definition) is 1. The molecule has 5 nitrogen and oxygen atoms in total. The number of nitrogens with one attached hydrogen (secondary N) is 1. The lowest BCUT2D eigenvalue weighted by Crippen LogP contribution is -2.17. The Labute approximate surface area is 133 Å². The molecule has 0 spiro atoms. The normalized spacial score (nSPS) is 10.9. The summed E-state index contributed by atoms with van der Waals surface area (Å²) in [5.74, 6) is 0.272. The SMILES string of the molecule is CCc1nc2ccc(Cl)cn2c1C(=O)Nc1cc(C)ccn1. The third-order valence-electron chi connectivity index (χ3n) is 3.36. The van der Waals surface area contributed by atoms with E-state index in [1.807, 2.05) is 26.0 Å². The highest BCUT2D eigenvalue weighted by atomic mass is 35.5. The van der Waals surface area contributed by atoms with Crippen molar-refractivity contribution in [3.05, 3.63) is 58.6 Å². The number of nitrogens with zero attached hydrogens (tertiary/aromatic N) is 3. The number of fused-ring (bicyclic) bond motifs is 1. The second-order valence-electron chi connectivity index (χ2n) is 5.01. The van der Waals surface area contributed by atoms with Crippen LogP contribution in [0.15, 0.2) is 36.7 Å². The predicted octanol–water partition coefficient (Wildman–Crippen LogP) is 3.51. The fourth-order valence-corrected chi connectivity index (χ4v) is 2.50. The highest BCUT2D eigenvalue weighted by molar-refractivity contribution is 6.30. The van der Waals surface area contributed by atoms with Crippen LogP contribution in [0.25, 0.3) is 5.65 Å². The minimum Gasteiger partial charge on any atom is -0.305 e. The number of aromatic nitrogens is 3. The van der Waals surface area contributed by atoms with Crippen molar-refractivity contribution in [2.45, 2.75) is 20.3 Å². The van der Waals surface area contributed by atoms with Gasteiger partial charge in [-0.3, -0.25) is 9.20 Å². The first kappa shape index (κ1) is 14.5. The van der Waals surface area contributed by atoms with Gasteiger partial charge in [-0.1, -0.05) is 18.5 Å². The van der Waals surface area contributed by atoms with E-state index in [-0.39, 0.29) is 5.91 Å². The average Bonchev–Trinajstić information content (AvgIpc) is 2.85. The molecule has 0 saturated carbocycles. The molecule has 3 aromatic rings. The molecule has 0 atom stereocenters. The van der Waals surface area contributed by atoms with Crippen molar-refractivity contribution >= 4 is 29.0 Å². The highest BCUT2D eigenvalue weighted by Crippen LogP contribution is 2.18. The van der Waals surface area contributed by atoms with Crippen molar-refractivity contribution in [1.29, 1.82) is 0 Å². The third kappa shape index (κ3) is 2.67. The summed E-state index contributed by atoms with van der Waals surface area (Å²) in [6.07, 6.45) is 4.02. The molecule has 3 rings (SSSR count). The van der Waals surface area contributed by atoms with Gasteiger partial charge < -0.3 is 5.32 Å². The molecule has 0 aliphatic heterocycles. The van der Waals surface area contributed by atoms with Gasteiger partial charge in [-0.15, -0.1) is 0 Å². The summed E-state index contributed by atoms with van der Waals surface area (Å²) in [4.78, 5) is 21.3. The van der Waals surface area contributed by atoms with Gasteiger partial charge >= 0.3 is 0 Å². The maximum absolute atomic E-state index is 12.6. The van der Waals surface area contributed by atoms with Crippen LogP contribution in [0, 0.1) is 6.92 Å². The van der Waals surface area contributed by atoms with Crippen molar-refractivity contribution in [3.63, 3.8) is 0 Å². The largest absolute Gasteiger partial charge is 0.305 e. The van der Waals surface area contributed by atoms with Crippen molar-refractivity contribution < 1.29 is 4.79 Å². The van der Waals surface area contributed by atoms with E-state index in [1.165, 1.54) is 0 Å². The Hall–Kier alpha value is -2.40. The zero-order valence-corrected chi connectivity index (χ0v) is 13.1. The number of pyridine rings is 2. The monoisotopic (exact) mass is 314 g/mol. The number of amides is 1. The summed E-state index contributed by atoms with van der Waals surface area (Å²) >= 11 is 6.04. The van der Waals surface area contributed by atoms with Crippen LogP contribution in [0.3, 0.4) is 0 Å². The summed E-state index contributed by atoms with van der Waals surface area (Å²) in [5.41, 5.74) is 2.95. The summed E-state index contributed by atoms with van der Waals surface area (Å²) in [7, 11) is 0. The summed E-state index contributed by atoms with van der Waals surface area (Å²) in [5, 5.41) is 3.37. The van der Waals surface area contributed by atoms with Gasteiger partial charge in [0.25, 0.3) is 5.91 Å². The van der Waals surface area contributed by atoms with Crippen LogP contribution in [-0.2, 0) is 6.42 Å². The number of carbonyl (C=O) groups is 1. The maximum Gasteiger partial charge on any atom is 0.275 e. The number of carbonyl (C=O) groups excluding carboxylic acids is 1.